The van der Waals surface area contributed by atoms with Crippen molar-refractivity contribution in [2.45, 2.75) is 19.4 Å². The molecule has 64 valence electrons. The van der Waals surface area contributed by atoms with Crippen LogP contribution < -0.4 is 0 Å². The first-order chi connectivity index (χ1) is 5.74. The van der Waals surface area contributed by atoms with E-state index in [1.54, 1.807) is 4.68 Å². The maximum absolute atomic E-state index is 8.30. The van der Waals surface area contributed by atoms with E-state index in [1.165, 1.54) is 0 Å². The van der Waals surface area contributed by atoms with E-state index in [4.69, 9.17) is 5.26 Å². The topological polar surface area (TPSA) is 54.5 Å². The molecule has 0 N–H and O–H groups in total. The fourth-order valence-electron chi connectivity index (χ4n) is 0.747. The molecular weight excluding hydrogens is 288 g/mol. The Morgan fingerprint density at radius 3 is 2.75 bits per heavy atom. The molecule has 0 aliphatic carbocycles. The number of nitriles is 1. The highest BCUT2D eigenvalue weighted by atomic mass is 79.9. The second kappa shape index (κ2) is 4.58. The Morgan fingerprint density at radius 2 is 2.25 bits per heavy atom. The second-order valence-corrected chi connectivity index (χ2v) is 3.55. The molecular formula is C6H6Br2N4. The third-order valence-corrected chi connectivity index (χ3v) is 2.18. The van der Waals surface area contributed by atoms with Gasteiger partial charge in [-0.3, -0.25) is 0 Å². The summed E-state index contributed by atoms with van der Waals surface area (Å²) in [7, 11) is 0. The molecule has 0 aliphatic rings. The van der Waals surface area contributed by atoms with Crippen molar-refractivity contribution >= 4 is 31.9 Å². The minimum atomic E-state index is 0.546. The number of aromatic nitrogens is 3. The molecule has 0 spiro atoms. The van der Waals surface area contributed by atoms with Gasteiger partial charge in [-0.15, -0.1) is 5.10 Å². The van der Waals surface area contributed by atoms with Crippen molar-refractivity contribution in [2.24, 2.45) is 0 Å². The van der Waals surface area contributed by atoms with Crippen LogP contribution in [0, 0.1) is 11.3 Å². The number of rotatable bonds is 3. The Labute approximate surface area is 86.8 Å². The zero-order valence-corrected chi connectivity index (χ0v) is 9.34. The van der Waals surface area contributed by atoms with E-state index in [1.807, 2.05) is 0 Å². The van der Waals surface area contributed by atoms with Gasteiger partial charge in [0.05, 0.1) is 6.07 Å². The van der Waals surface area contributed by atoms with Gasteiger partial charge in [0.15, 0.2) is 4.73 Å². The summed E-state index contributed by atoms with van der Waals surface area (Å²) in [5.74, 6) is 0. The van der Waals surface area contributed by atoms with Crippen molar-refractivity contribution in [1.29, 1.82) is 5.26 Å². The van der Waals surface area contributed by atoms with Crippen LogP contribution in [0.2, 0.25) is 0 Å². The zero-order valence-electron chi connectivity index (χ0n) is 6.17. The first-order valence-corrected chi connectivity index (χ1v) is 4.95. The standard InChI is InChI=1S/C6H6Br2N4/c7-5-10-6(8)12(11-5)4-2-1-3-9/h1-2,4H2. The molecule has 4 nitrogen and oxygen atoms in total. The van der Waals surface area contributed by atoms with E-state index in [0.29, 0.717) is 22.4 Å². The summed E-state index contributed by atoms with van der Waals surface area (Å²) in [4.78, 5) is 3.99. The van der Waals surface area contributed by atoms with Gasteiger partial charge < -0.3 is 0 Å². The third-order valence-electron chi connectivity index (χ3n) is 1.26. The van der Waals surface area contributed by atoms with E-state index < -0.39 is 0 Å². The SMILES string of the molecule is N#CCCCn1nc(Br)nc1Br. The lowest BCUT2D eigenvalue weighted by Gasteiger charge is -1.97. The molecule has 0 amide bonds. The van der Waals surface area contributed by atoms with Crippen LogP contribution in [0.3, 0.4) is 0 Å². The monoisotopic (exact) mass is 292 g/mol. The molecule has 0 bridgehead atoms. The molecule has 6 heteroatoms. The average molecular weight is 294 g/mol. The third kappa shape index (κ3) is 2.57. The van der Waals surface area contributed by atoms with E-state index in [9.17, 15) is 0 Å². The Bertz CT molecular complexity index is 301. The molecule has 12 heavy (non-hydrogen) atoms. The number of unbranched alkanes of at least 4 members (excludes halogenated alkanes) is 1. The van der Waals surface area contributed by atoms with Gasteiger partial charge in [0.1, 0.15) is 0 Å². The van der Waals surface area contributed by atoms with Gasteiger partial charge in [-0.25, -0.2) is 4.68 Å². The quantitative estimate of drug-likeness (QED) is 0.802. The normalized spacial score (nSPS) is 9.75. The predicted molar refractivity (Wildman–Crippen MR) is 50.3 cm³/mol. The molecule has 1 heterocycles. The highest BCUT2D eigenvalue weighted by Gasteiger charge is 2.03. The van der Waals surface area contributed by atoms with Gasteiger partial charge in [-0.2, -0.15) is 10.2 Å². The van der Waals surface area contributed by atoms with Crippen LogP contribution >= 0.6 is 31.9 Å². The van der Waals surface area contributed by atoms with Crippen molar-refractivity contribution in [3.05, 3.63) is 9.47 Å². The number of hydrogen-bond acceptors (Lipinski definition) is 3. The molecule has 1 rings (SSSR count). The maximum atomic E-state index is 8.30. The lowest BCUT2D eigenvalue weighted by Crippen LogP contribution is -1.99. The minimum Gasteiger partial charge on any atom is -0.239 e. The zero-order chi connectivity index (χ0) is 8.97. The van der Waals surface area contributed by atoms with Gasteiger partial charge >= 0.3 is 0 Å². The van der Waals surface area contributed by atoms with E-state index in [2.05, 4.69) is 48.0 Å². The summed E-state index contributed by atoms with van der Waals surface area (Å²) in [5, 5.41) is 12.4. The fraction of sp³-hybridized carbons (Fsp3) is 0.500. The summed E-state index contributed by atoms with van der Waals surface area (Å²) in [5.41, 5.74) is 0. The van der Waals surface area contributed by atoms with Crippen molar-refractivity contribution < 1.29 is 0 Å². The summed E-state index contributed by atoms with van der Waals surface area (Å²) in [6, 6.07) is 2.08. The molecule has 1 aromatic heterocycles. The van der Waals surface area contributed by atoms with E-state index >= 15 is 0 Å². The first-order valence-electron chi connectivity index (χ1n) is 3.37. The van der Waals surface area contributed by atoms with Crippen molar-refractivity contribution in [2.75, 3.05) is 0 Å². The predicted octanol–water partition coefficient (Wildman–Crippen LogP) is 2.11. The Hall–Kier alpha value is -0.410. The van der Waals surface area contributed by atoms with Crippen LogP contribution in [0.5, 0.6) is 0 Å². The molecule has 0 unspecified atom stereocenters. The van der Waals surface area contributed by atoms with E-state index in [0.717, 1.165) is 6.42 Å². The summed E-state index contributed by atoms with van der Waals surface area (Å²) in [6.45, 7) is 0.715. The van der Waals surface area contributed by atoms with Gasteiger partial charge in [0, 0.05) is 13.0 Å². The van der Waals surface area contributed by atoms with Crippen molar-refractivity contribution in [3.63, 3.8) is 0 Å². The van der Waals surface area contributed by atoms with Gasteiger partial charge in [-0.05, 0) is 38.3 Å². The maximum Gasteiger partial charge on any atom is 0.218 e. The van der Waals surface area contributed by atoms with Crippen LogP contribution in [0.4, 0.5) is 0 Å². The molecule has 0 aliphatic heterocycles. The van der Waals surface area contributed by atoms with Gasteiger partial charge in [0.2, 0.25) is 4.73 Å². The summed E-state index contributed by atoms with van der Waals surface area (Å²) < 4.78 is 2.96. The lowest BCUT2D eigenvalue weighted by molar-refractivity contribution is 0.570. The lowest BCUT2D eigenvalue weighted by atomic mass is 10.3. The first kappa shape index (κ1) is 9.68. The van der Waals surface area contributed by atoms with Crippen LogP contribution in [0.1, 0.15) is 12.8 Å². The van der Waals surface area contributed by atoms with Crippen molar-refractivity contribution in [3.8, 4) is 6.07 Å². The minimum absolute atomic E-state index is 0.546. The Balaban J connectivity index is 2.52. The summed E-state index contributed by atoms with van der Waals surface area (Å²) in [6.07, 6.45) is 1.34. The summed E-state index contributed by atoms with van der Waals surface area (Å²) >= 11 is 6.40. The molecule has 0 atom stereocenters. The Kier molecular flexibility index (Phi) is 3.69. The van der Waals surface area contributed by atoms with Gasteiger partial charge in [-0.1, -0.05) is 0 Å². The van der Waals surface area contributed by atoms with Crippen LogP contribution in [-0.4, -0.2) is 14.8 Å². The number of aryl methyl sites for hydroxylation is 1. The smallest absolute Gasteiger partial charge is 0.218 e. The van der Waals surface area contributed by atoms with Crippen LogP contribution in [0.15, 0.2) is 9.47 Å². The van der Waals surface area contributed by atoms with Gasteiger partial charge in [0.25, 0.3) is 0 Å². The van der Waals surface area contributed by atoms with Crippen LogP contribution in [0.25, 0.3) is 0 Å². The highest BCUT2D eigenvalue weighted by Crippen LogP contribution is 2.11. The highest BCUT2D eigenvalue weighted by molar-refractivity contribution is 9.11. The molecule has 1 aromatic rings. The van der Waals surface area contributed by atoms with Crippen LogP contribution in [-0.2, 0) is 6.54 Å². The van der Waals surface area contributed by atoms with E-state index in [-0.39, 0.29) is 0 Å². The number of hydrogen-bond donors (Lipinski definition) is 0. The van der Waals surface area contributed by atoms with Crippen molar-refractivity contribution in [1.82, 2.24) is 14.8 Å². The fourth-order valence-corrected chi connectivity index (χ4v) is 1.77. The average Bonchev–Trinajstić information content (AvgIpc) is 2.31. The largest absolute Gasteiger partial charge is 0.239 e. The Morgan fingerprint density at radius 1 is 1.50 bits per heavy atom. The molecule has 0 fully saturated rings. The molecule has 0 saturated heterocycles. The molecule has 0 aromatic carbocycles. The number of nitrogens with zero attached hydrogens (tertiary/aromatic N) is 4. The molecule has 0 radical (unpaired) electrons. The second-order valence-electron chi connectivity index (χ2n) is 2.13. The number of halogens is 2. The molecule has 0 saturated carbocycles.